The molecule has 0 radical (unpaired) electrons. The lowest BCUT2D eigenvalue weighted by atomic mass is 9.85. The molecule has 0 nitrogen and oxygen atoms in total. The van der Waals surface area contributed by atoms with Crippen molar-refractivity contribution >= 4 is 0 Å². The lowest BCUT2D eigenvalue weighted by Gasteiger charge is -2.20. The van der Waals surface area contributed by atoms with Gasteiger partial charge in [-0.1, -0.05) is 31.2 Å². The minimum absolute atomic E-state index is 0.130. The van der Waals surface area contributed by atoms with E-state index in [1.54, 1.807) is 12.1 Å². The maximum Gasteiger partial charge on any atom is 0.123 e. The summed E-state index contributed by atoms with van der Waals surface area (Å²) in [5, 5.41) is 0. The average Bonchev–Trinajstić information content (AvgIpc) is 2.19. The third-order valence-corrected chi connectivity index (χ3v) is 2.88. The monoisotopic (exact) mass is 190 g/mol. The number of hydrogen-bond acceptors (Lipinski definition) is 0. The van der Waals surface area contributed by atoms with Gasteiger partial charge in [0.2, 0.25) is 0 Å². The molecule has 1 heteroatoms. The summed E-state index contributed by atoms with van der Waals surface area (Å²) in [5.74, 6) is 0.969. The Bertz CT molecular complexity index is 341. The molecule has 0 aromatic heterocycles. The van der Waals surface area contributed by atoms with Crippen LogP contribution in [0.25, 0.3) is 0 Å². The normalized spacial score (nSPS) is 26.4. The van der Waals surface area contributed by atoms with Crippen LogP contribution in [0.2, 0.25) is 0 Å². The van der Waals surface area contributed by atoms with Gasteiger partial charge in [0.05, 0.1) is 0 Å². The summed E-state index contributed by atoms with van der Waals surface area (Å²) >= 11 is 0. The van der Waals surface area contributed by atoms with E-state index >= 15 is 0 Å². The summed E-state index contributed by atoms with van der Waals surface area (Å²) in [5.41, 5.74) is 1.10. The average molecular weight is 190 g/mol. The van der Waals surface area contributed by atoms with Crippen molar-refractivity contribution in [3.63, 3.8) is 0 Å². The summed E-state index contributed by atoms with van der Waals surface area (Å²) in [6, 6.07) is 6.94. The molecular weight excluding hydrogens is 175 g/mol. The zero-order chi connectivity index (χ0) is 9.97. The molecule has 0 saturated heterocycles. The highest BCUT2D eigenvalue weighted by Gasteiger charge is 2.14. The van der Waals surface area contributed by atoms with Crippen LogP contribution in [-0.4, -0.2) is 0 Å². The van der Waals surface area contributed by atoms with Crippen molar-refractivity contribution in [1.29, 1.82) is 0 Å². The van der Waals surface area contributed by atoms with Gasteiger partial charge >= 0.3 is 0 Å². The summed E-state index contributed by atoms with van der Waals surface area (Å²) < 4.78 is 13.0. The molecule has 2 rings (SSSR count). The molecule has 0 heterocycles. The van der Waals surface area contributed by atoms with Gasteiger partial charge in [0.1, 0.15) is 5.82 Å². The van der Waals surface area contributed by atoms with Crippen LogP contribution in [0, 0.1) is 11.7 Å². The molecule has 0 fully saturated rings. The molecule has 0 bridgehead atoms. The summed E-state index contributed by atoms with van der Waals surface area (Å²) in [6.45, 7) is 2.22. The van der Waals surface area contributed by atoms with E-state index in [0.717, 1.165) is 12.0 Å². The highest BCUT2D eigenvalue weighted by atomic mass is 19.1. The molecule has 0 N–H and O–H groups in total. The van der Waals surface area contributed by atoms with Gasteiger partial charge in [-0.2, -0.15) is 0 Å². The van der Waals surface area contributed by atoms with E-state index in [4.69, 9.17) is 0 Å². The second kappa shape index (κ2) is 3.95. The van der Waals surface area contributed by atoms with Gasteiger partial charge < -0.3 is 0 Å². The standard InChI is InChI=1S/C13H15F/c1-10-5-7-11(8-6-10)12-3-2-4-13(14)9-12/h2-5,7,9-11H,6,8H2,1H3/t10-,11+/m0/s1. The van der Waals surface area contributed by atoms with Crippen molar-refractivity contribution in [2.45, 2.75) is 25.7 Å². The molecule has 1 aromatic carbocycles. The topological polar surface area (TPSA) is 0 Å². The fourth-order valence-electron chi connectivity index (χ4n) is 1.97. The van der Waals surface area contributed by atoms with Gasteiger partial charge in [0.15, 0.2) is 0 Å². The Labute approximate surface area is 84.5 Å². The third kappa shape index (κ3) is 2.03. The van der Waals surface area contributed by atoms with E-state index < -0.39 is 0 Å². The lowest BCUT2D eigenvalue weighted by Crippen LogP contribution is -2.04. The van der Waals surface area contributed by atoms with Gasteiger partial charge in [0, 0.05) is 5.92 Å². The van der Waals surface area contributed by atoms with Crippen molar-refractivity contribution in [2.24, 2.45) is 5.92 Å². The first-order valence-corrected chi connectivity index (χ1v) is 5.19. The van der Waals surface area contributed by atoms with Crippen molar-refractivity contribution in [1.82, 2.24) is 0 Å². The van der Waals surface area contributed by atoms with Crippen LogP contribution in [0.5, 0.6) is 0 Å². The molecular formula is C13H15F. The van der Waals surface area contributed by atoms with Gasteiger partial charge in [-0.15, -0.1) is 0 Å². The molecule has 0 amide bonds. The van der Waals surface area contributed by atoms with Crippen LogP contribution in [0.1, 0.15) is 31.2 Å². The Morgan fingerprint density at radius 1 is 1.21 bits per heavy atom. The van der Waals surface area contributed by atoms with E-state index in [0.29, 0.717) is 11.8 Å². The van der Waals surface area contributed by atoms with Crippen molar-refractivity contribution in [3.05, 3.63) is 47.8 Å². The molecule has 0 saturated carbocycles. The van der Waals surface area contributed by atoms with E-state index in [2.05, 4.69) is 19.1 Å². The molecule has 14 heavy (non-hydrogen) atoms. The summed E-state index contributed by atoms with van der Waals surface area (Å²) in [4.78, 5) is 0. The number of halogens is 1. The van der Waals surface area contributed by atoms with E-state index in [9.17, 15) is 4.39 Å². The molecule has 1 aliphatic carbocycles. The molecule has 2 atom stereocenters. The minimum atomic E-state index is -0.130. The predicted molar refractivity (Wildman–Crippen MR) is 56.7 cm³/mol. The quantitative estimate of drug-likeness (QED) is 0.589. The fraction of sp³-hybridized carbons (Fsp3) is 0.385. The van der Waals surface area contributed by atoms with Gasteiger partial charge in [0.25, 0.3) is 0 Å². The Balaban J connectivity index is 2.20. The second-order valence-corrected chi connectivity index (χ2v) is 4.10. The van der Waals surface area contributed by atoms with Gasteiger partial charge in [-0.3, -0.25) is 0 Å². The highest BCUT2D eigenvalue weighted by molar-refractivity contribution is 5.25. The fourth-order valence-corrected chi connectivity index (χ4v) is 1.97. The van der Waals surface area contributed by atoms with Crippen LogP contribution in [0.3, 0.4) is 0 Å². The molecule has 74 valence electrons. The summed E-state index contributed by atoms with van der Waals surface area (Å²) in [7, 11) is 0. The van der Waals surface area contributed by atoms with Crippen molar-refractivity contribution in [2.75, 3.05) is 0 Å². The number of benzene rings is 1. The zero-order valence-corrected chi connectivity index (χ0v) is 8.41. The van der Waals surface area contributed by atoms with E-state index in [1.807, 2.05) is 6.07 Å². The molecule has 0 spiro atoms. The lowest BCUT2D eigenvalue weighted by molar-refractivity contribution is 0.542. The molecule has 1 aromatic rings. The first-order chi connectivity index (χ1) is 6.75. The molecule has 0 unspecified atom stereocenters. The second-order valence-electron chi connectivity index (χ2n) is 4.10. The Morgan fingerprint density at radius 2 is 2.07 bits per heavy atom. The molecule has 0 aliphatic heterocycles. The van der Waals surface area contributed by atoms with Crippen molar-refractivity contribution in [3.8, 4) is 0 Å². The largest absolute Gasteiger partial charge is 0.207 e. The third-order valence-electron chi connectivity index (χ3n) is 2.88. The number of rotatable bonds is 1. The summed E-state index contributed by atoms with van der Waals surface area (Å²) in [6.07, 6.45) is 6.79. The maximum absolute atomic E-state index is 13.0. The maximum atomic E-state index is 13.0. The first kappa shape index (κ1) is 9.45. The van der Waals surface area contributed by atoms with Crippen LogP contribution in [0.4, 0.5) is 4.39 Å². The first-order valence-electron chi connectivity index (χ1n) is 5.19. The van der Waals surface area contributed by atoms with Crippen LogP contribution in [0.15, 0.2) is 36.4 Å². The van der Waals surface area contributed by atoms with Crippen LogP contribution >= 0.6 is 0 Å². The Hall–Kier alpha value is -1.11. The SMILES string of the molecule is C[C@H]1C=C[C@@H](c2cccc(F)c2)CC1. The van der Waals surface area contributed by atoms with Crippen LogP contribution < -0.4 is 0 Å². The Kier molecular flexibility index (Phi) is 2.67. The Morgan fingerprint density at radius 3 is 2.71 bits per heavy atom. The van der Waals surface area contributed by atoms with E-state index in [-0.39, 0.29) is 5.82 Å². The van der Waals surface area contributed by atoms with Gasteiger partial charge in [-0.05, 0) is 36.5 Å². The number of allylic oxidation sites excluding steroid dienone is 2. The highest BCUT2D eigenvalue weighted by Crippen LogP contribution is 2.30. The predicted octanol–water partition coefficient (Wildman–Crippen LogP) is 3.90. The zero-order valence-electron chi connectivity index (χ0n) is 8.41. The molecule has 1 aliphatic rings. The van der Waals surface area contributed by atoms with Crippen LogP contribution in [-0.2, 0) is 0 Å². The smallest absolute Gasteiger partial charge is 0.123 e. The van der Waals surface area contributed by atoms with Gasteiger partial charge in [-0.25, -0.2) is 4.39 Å². The number of hydrogen-bond donors (Lipinski definition) is 0. The van der Waals surface area contributed by atoms with E-state index in [1.165, 1.54) is 12.5 Å². The minimum Gasteiger partial charge on any atom is -0.207 e. The van der Waals surface area contributed by atoms with Crippen molar-refractivity contribution < 1.29 is 4.39 Å².